The number of sulfone groups is 1. The van der Waals surface area contributed by atoms with Crippen molar-refractivity contribution in [2.45, 2.75) is 23.0 Å². The molecule has 0 atom stereocenters. The van der Waals surface area contributed by atoms with Crippen molar-refractivity contribution in [3.05, 3.63) is 24.0 Å². The average molecular weight is 284 g/mol. The minimum atomic E-state index is -3.31. The molecule has 0 aromatic heterocycles. The van der Waals surface area contributed by atoms with Gasteiger partial charge < -0.3 is 10.2 Å². The maximum absolute atomic E-state index is 14.1. The number of hydrogen-bond acceptors (Lipinski definition) is 4. The Labute approximate surface area is 112 Å². The van der Waals surface area contributed by atoms with E-state index in [4.69, 9.17) is 0 Å². The van der Waals surface area contributed by atoms with E-state index in [1.54, 1.807) is 6.07 Å². The zero-order chi connectivity index (χ0) is 13.5. The van der Waals surface area contributed by atoms with Crippen LogP contribution in [0.3, 0.4) is 0 Å². The second-order valence-electron chi connectivity index (χ2n) is 5.09. The highest BCUT2D eigenvalue weighted by molar-refractivity contribution is 7.92. The van der Waals surface area contributed by atoms with Gasteiger partial charge in [0.15, 0.2) is 9.84 Å². The average Bonchev–Trinajstić information content (AvgIpc) is 3.24. The molecule has 6 heteroatoms. The molecular formula is C13H17FN2O2S. The normalized spacial score (nSPS) is 20.6. The lowest BCUT2D eigenvalue weighted by Crippen LogP contribution is -2.43. The number of piperazine rings is 1. The fourth-order valence-corrected chi connectivity index (χ4v) is 4.06. The van der Waals surface area contributed by atoms with Crippen LogP contribution in [0.25, 0.3) is 0 Å². The summed E-state index contributed by atoms with van der Waals surface area (Å²) in [5.41, 5.74) is 0.497. The van der Waals surface area contributed by atoms with E-state index in [2.05, 4.69) is 5.32 Å². The minimum absolute atomic E-state index is 0.117. The van der Waals surface area contributed by atoms with Gasteiger partial charge in [-0.1, -0.05) is 0 Å². The quantitative estimate of drug-likeness (QED) is 0.905. The number of nitrogens with zero attached hydrogens (tertiary/aromatic N) is 1. The predicted octanol–water partition coefficient (Wildman–Crippen LogP) is 1.17. The number of nitrogens with one attached hydrogen (secondary N) is 1. The van der Waals surface area contributed by atoms with Crippen molar-refractivity contribution in [1.82, 2.24) is 5.32 Å². The lowest BCUT2D eigenvalue weighted by molar-refractivity contribution is 0.563. The third kappa shape index (κ3) is 2.47. The Morgan fingerprint density at radius 1 is 1.21 bits per heavy atom. The van der Waals surface area contributed by atoms with Crippen LogP contribution in [0.1, 0.15) is 12.8 Å². The zero-order valence-electron chi connectivity index (χ0n) is 10.6. The smallest absolute Gasteiger partial charge is 0.181 e. The molecule has 1 N–H and O–H groups in total. The van der Waals surface area contributed by atoms with Crippen molar-refractivity contribution < 1.29 is 12.8 Å². The highest BCUT2D eigenvalue weighted by Gasteiger charge is 2.37. The third-order valence-electron chi connectivity index (χ3n) is 3.67. The lowest BCUT2D eigenvalue weighted by atomic mass is 10.2. The molecule has 2 fully saturated rings. The van der Waals surface area contributed by atoms with Crippen LogP contribution in [0.2, 0.25) is 0 Å². The molecule has 0 amide bonds. The Balaban J connectivity index is 1.89. The van der Waals surface area contributed by atoms with Crippen LogP contribution >= 0.6 is 0 Å². The molecule has 1 aromatic carbocycles. The van der Waals surface area contributed by atoms with Crippen molar-refractivity contribution in [2.75, 3.05) is 31.1 Å². The molecule has 2 aliphatic rings. The monoisotopic (exact) mass is 284 g/mol. The van der Waals surface area contributed by atoms with Gasteiger partial charge in [-0.25, -0.2) is 12.8 Å². The van der Waals surface area contributed by atoms with E-state index in [-0.39, 0.29) is 10.1 Å². The maximum atomic E-state index is 14.1. The highest BCUT2D eigenvalue weighted by Crippen LogP contribution is 2.34. The molecule has 1 aromatic rings. The van der Waals surface area contributed by atoms with Crippen LogP contribution in [-0.4, -0.2) is 39.8 Å². The largest absolute Gasteiger partial charge is 0.367 e. The molecule has 1 saturated carbocycles. The van der Waals surface area contributed by atoms with E-state index in [0.717, 1.165) is 26.2 Å². The van der Waals surface area contributed by atoms with Gasteiger partial charge in [0.2, 0.25) is 0 Å². The molecule has 1 saturated heterocycles. The van der Waals surface area contributed by atoms with Crippen molar-refractivity contribution in [3.8, 4) is 0 Å². The Bertz CT molecular complexity index is 578. The first-order chi connectivity index (χ1) is 9.09. The summed E-state index contributed by atoms with van der Waals surface area (Å²) >= 11 is 0. The number of rotatable bonds is 3. The van der Waals surface area contributed by atoms with Gasteiger partial charge in [0.05, 0.1) is 15.8 Å². The molecule has 0 spiro atoms. The van der Waals surface area contributed by atoms with Gasteiger partial charge in [0, 0.05) is 26.2 Å². The first-order valence-electron chi connectivity index (χ1n) is 6.58. The number of hydrogen-bond donors (Lipinski definition) is 1. The van der Waals surface area contributed by atoms with Gasteiger partial charge in [-0.3, -0.25) is 0 Å². The van der Waals surface area contributed by atoms with E-state index < -0.39 is 15.7 Å². The summed E-state index contributed by atoms with van der Waals surface area (Å²) in [7, 11) is -3.31. The Morgan fingerprint density at radius 2 is 1.89 bits per heavy atom. The second-order valence-corrected chi connectivity index (χ2v) is 7.32. The van der Waals surface area contributed by atoms with Crippen LogP contribution < -0.4 is 10.2 Å². The lowest BCUT2D eigenvalue weighted by Gasteiger charge is -2.29. The highest BCUT2D eigenvalue weighted by atomic mass is 32.2. The summed E-state index contributed by atoms with van der Waals surface area (Å²) in [6.45, 7) is 3.13. The molecule has 0 radical (unpaired) electrons. The van der Waals surface area contributed by atoms with Gasteiger partial charge in [0.1, 0.15) is 5.82 Å². The summed E-state index contributed by atoms with van der Waals surface area (Å²) in [4.78, 5) is 2.06. The van der Waals surface area contributed by atoms with Gasteiger partial charge >= 0.3 is 0 Å². The Kier molecular flexibility index (Phi) is 3.22. The maximum Gasteiger partial charge on any atom is 0.181 e. The van der Waals surface area contributed by atoms with Crippen LogP contribution in [0.15, 0.2) is 23.1 Å². The SMILES string of the molecule is O=S(=O)(c1ccc(N2CCNCC2)c(F)c1)C1CC1. The summed E-state index contributed by atoms with van der Waals surface area (Å²) in [5.74, 6) is -0.441. The topological polar surface area (TPSA) is 49.4 Å². The van der Waals surface area contributed by atoms with E-state index in [9.17, 15) is 12.8 Å². The third-order valence-corrected chi connectivity index (χ3v) is 5.93. The number of halogens is 1. The van der Waals surface area contributed by atoms with Crippen LogP contribution in [-0.2, 0) is 9.84 Å². The van der Waals surface area contributed by atoms with E-state index in [1.165, 1.54) is 12.1 Å². The first-order valence-corrected chi connectivity index (χ1v) is 8.13. The molecule has 104 valence electrons. The molecule has 4 nitrogen and oxygen atoms in total. The van der Waals surface area contributed by atoms with E-state index >= 15 is 0 Å². The predicted molar refractivity (Wildman–Crippen MR) is 71.7 cm³/mol. The Hall–Kier alpha value is -1.14. The molecule has 3 rings (SSSR count). The number of benzene rings is 1. The van der Waals surface area contributed by atoms with Crippen molar-refractivity contribution >= 4 is 15.5 Å². The summed E-state index contributed by atoms with van der Waals surface area (Å²) in [6.07, 6.45) is 1.40. The molecule has 0 unspecified atom stereocenters. The minimum Gasteiger partial charge on any atom is -0.367 e. The summed E-state index contributed by atoms with van der Waals surface area (Å²) in [6, 6.07) is 4.30. The van der Waals surface area contributed by atoms with Gasteiger partial charge in [-0.05, 0) is 31.0 Å². The Morgan fingerprint density at radius 3 is 2.47 bits per heavy atom. The first kappa shape index (κ1) is 12.9. The standard InChI is InChI=1S/C13H17FN2O2S/c14-12-9-11(19(17,18)10-1-2-10)3-4-13(12)16-7-5-15-6-8-16/h3-4,9-10,15H,1-2,5-8H2. The van der Waals surface area contributed by atoms with Crippen molar-refractivity contribution in [3.63, 3.8) is 0 Å². The molecule has 1 aliphatic carbocycles. The molecule has 0 bridgehead atoms. The molecular weight excluding hydrogens is 267 g/mol. The van der Waals surface area contributed by atoms with E-state index in [0.29, 0.717) is 18.5 Å². The molecule has 19 heavy (non-hydrogen) atoms. The van der Waals surface area contributed by atoms with Crippen molar-refractivity contribution in [1.29, 1.82) is 0 Å². The summed E-state index contributed by atoms with van der Waals surface area (Å²) in [5, 5.41) is 2.91. The molecule has 1 heterocycles. The van der Waals surface area contributed by atoms with Gasteiger partial charge in [-0.15, -0.1) is 0 Å². The zero-order valence-corrected chi connectivity index (χ0v) is 11.4. The molecule has 1 aliphatic heterocycles. The van der Waals surface area contributed by atoms with Crippen LogP contribution in [0, 0.1) is 5.82 Å². The van der Waals surface area contributed by atoms with E-state index in [1.807, 2.05) is 4.90 Å². The van der Waals surface area contributed by atoms with Crippen LogP contribution in [0.4, 0.5) is 10.1 Å². The summed E-state index contributed by atoms with van der Waals surface area (Å²) < 4.78 is 38.2. The fourth-order valence-electron chi connectivity index (χ4n) is 2.40. The van der Waals surface area contributed by atoms with Gasteiger partial charge in [-0.2, -0.15) is 0 Å². The second kappa shape index (κ2) is 4.76. The number of anilines is 1. The fraction of sp³-hybridized carbons (Fsp3) is 0.538. The van der Waals surface area contributed by atoms with Crippen molar-refractivity contribution in [2.24, 2.45) is 0 Å². The van der Waals surface area contributed by atoms with Crippen LogP contribution in [0.5, 0.6) is 0 Å². The van der Waals surface area contributed by atoms with Gasteiger partial charge in [0.25, 0.3) is 0 Å².